The summed E-state index contributed by atoms with van der Waals surface area (Å²) in [6.07, 6.45) is 6.60. The third-order valence-corrected chi connectivity index (χ3v) is 13.0. The van der Waals surface area contributed by atoms with Crippen LogP contribution >= 0.6 is 0 Å². The molecule has 0 saturated heterocycles. The van der Waals surface area contributed by atoms with Gasteiger partial charge in [-0.3, -0.25) is 0 Å². The Kier molecular flexibility index (Phi) is 8.29. The van der Waals surface area contributed by atoms with Crippen LogP contribution in [0.5, 0.6) is 0 Å². The zero-order valence-corrected chi connectivity index (χ0v) is 32.0. The van der Waals surface area contributed by atoms with Crippen molar-refractivity contribution in [1.82, 2.24) is 15.0 Å². The molecule has 2 unspecified atom stereocenters. The third kappa shape index (κ3) is 5.60. The highest BCUT2D eigenvalue weighted by Gasteiger charge is 2.47. The van der Waals surface area contributed by atoms with Gasteiger partial charge in [-0.25, -0.2) is 15.0 Å². The van der Waals surface area contributed by atoms with E-state index in [1.165, 1.54) is 54.4 Å². The molecule has 2 bridgehead atoms. The molecule has 4 nitrogen and oxygen atoms in total. The van der Waals surface area contributed by atoms with E-state index >= 15 is 0 Å². The van der Waals surface area contributed by atoms with Gasteiger partial charge >= 0.3 is 0 Å². The lowest BCUT2D eigenvalue weighted by molar-refractivity contribution is 0.0780. The van der Waals surface area contributed by atoms with Crippen LogP contribution in [0.25, 0.3) is 45.3 Å². The number of hydrogen-bond donors (Lipinski definition) is 0. The monoisotopic (exact) mass is 724 g/mol. The molecule has 2 fully saturated rings. The molecular formula is C52H44N4. The highest BCUT2D eigenvalue weighted by atomic mass is 15.0. The van der Waals surface area contributed by atoms with Crippen LogP contribution in [0.4, 0.5) is 0 Å². The van der Waals surface area contributed by atoms with Gasteiger partial charge in [0.25, 0.3) is 0 Å². The zero-order valence-electron chi connectivity index (χ0n) is 32.0. The molecule has 3 aliphatic carbocycles. The van der Waals surface area contributed by atoms with E-state index in [-0.39, 0.29) is 5.41 Å². The van der Waals surface area contributed by atoms with Crippen molar-refractivity contribution >= 4 is 0 Å². The summed E-state index contributed by atoms with van der Waals surface area (Å²) in [6, 6.07) is 56.0. The lowest BCUT2D eigenvalue weighted by atomic mass is 9.54. The number of benzene rings is 6. The van der Waals surface area contributed by atoms with Crippen molar-refractivity contribution in [2.24, 2.45) is 17.8 Å². The Morgan fingerprint density at radius 2 is 1.07 bits per heavy atom. The Balaban J connectivity index is 1.12. The number of rotatable bonds is 6. The van der Waals surface area contributed by atoms with Crippen LogP contribution in [-0.4, -0.2) is 15.0 Å². The van der Waals surface area contributed by atoms with Gasteiger partial charge in [0.15, 0.2) is 17.5 Å². The van der Waals surface area contributed by atoms with E-state index in [1.807, 2.05) is 36.4 Å². The first-order valence-corrected chi connectivity index (χ1v) is 20.2. The molecular weight excluding hydrogens is 681 g/mol. The topological polar surface area (TPSA) is 62.5 Å². The first-order chi connectivity index (χ1) is 27.4. The summed E-state index contributed by atoms with van der Waals surface area (Å²) in [5.74, 6) is 4.34. The largest absolute Gasteiger partial charge is 0.208 e. The Labute approximate surface area is 330 Å². The van der Waals surface area contributed by atoms with Crippen LogP contribution < -0.4 is 0 Å². The summed E-state index contributed by atoms with van der Waals surface area (Å²) < 4.78 is 0. The molecule has 10 rings (SSSR count). The fourth-order valence-corrected chi connectivity index (χ4v) is 11.1. The molecule has 3 aliphatic rings. The molecule has 0 radical (unpaired) electrons. The second kappa shape index (κ2) is 13.5. The molecule has 0 aliphatic heterocycles. The molecule has 1 heterocycles. The smallest absolute Gasteiger partial charge is 0.164 e. The molecule has 2 saturated carbocycles. The summed E-state index contributed by atoms with van der Waals surface area (Å²) in [5, 5.41) is 9.98. The maximum absolute atomic E-state index is 9.98. The molecule has 6 aromatic carbocycles. The van der Waals surface area contributed by atoms with E-state index in [4.69, 9.17) is 15.0 Å². The zero-order chi connectivity index (χ0) is 37.9. The minimum atomic E-state index is -0.606. The van der Waals surface area contributed by atoms with Crippen LogP contribution in [0.2, 0.25) is 0 Å². The first kappa shape index (κ1) is 34.3. The number of nitrogens with zero attached hydrogens (tertiary/aromatic N) is 4. The van der Waals surface area contributed by atoms with Gasteiger partial charge in [0, 0.05) is 16.7 Å². The van der Waals surface area contributed by atoms with Crippen LogP contribution in [-0.2, 0) is 10.8 Å². The average molecular weight is 725 g/mol. The molecule has 1 aromatic heterocycles. The van der Waals surface area contributed by atoms with Crippen molar-refractivity contribution in [2.45, 2.75) is 56.8 Å². The van der Waals surface area contributed by atoms with Crippen molar-refractivity contribution in [3.8, 4) is 51.4 Å². The third-order valence-electron chi connectivity index (χ3n) is 13.0. The lowest BCUT2D eigenvalue weighted by Gasteiger charge is -2.50. The van der Waals surface area contributed by atoms with Gasteiger partial charge in [-0.1, -0.05) is 147 Å². The Morgan fingerprint density at radius 1 is 0.500 bits per heavy atom. The number of fused-ring (bicyclic) bond motifs is 5. The van der Waals surface area contributed by atoms with Gasteiger partial charge in [-0.05, 0) is 112 Å². The maximum atomic E-state index is 9.98. The summed E-state index contributed by atoms with van der Waals surface area (Å²) in [5.41, 5.74) is 11.6. The first-order valence-electron chi connectivity index (χ1n) is 20.2. The molecule has 0 spiro atoms. The van der Waals surface area contributed by atoms with E-state index in [9.17, 15) is 5.26 Å². The molecule has 7 aromatic rings. The average Bonchev–Trinajstić information content (AvgIpc) is 3.54. The fourth-order valence-electron chi connectivity index (χ4n) is 11.1. The van der Waals surface area contributed by atoms with Gasteiger partial charge in [0.05, 0.1) is 17.0 Å². The van der Waals surface area contributed by atoms with E-state index < -0.39 is 5.41 Å². The minimum Gasteiger partial charge on any atom is -0.208 e. The molecule has 0 N–H and O–H groups in total. The quantitative estimate of drug-likeness (QED) is 0.171. The van der Waals surface area contributed by atoms with E-state index in [2.05, 4.69) is 135 Å². The van der Waals surface area contributed by atoms with Crippen molar-refractivity contribution < 1.29 is 0 Å². The SMILES string of the molecule is C[C@@H]1C[C@@H]2C[C@H](C)CC(c3ccc(-c4nc(-c5ccccc5)nc(-c5ccc6c(c5)-c5ccccc5C6(c5ccccc5)c5cccc(C#N)c5)n4)cc3)(C1)C2. The Hall–Kier alpha value is -6.18. The highest BCUT2D eigenvalue weighted by Crippen LogP contribution is 2.57. The number of hydrogen-bond acceptors (Lipinski definition) is 4. The van der Waals surface area contributed by atoms with Crippen molar-refractivity contribution in [3.05, 3.63) is 185 Å². The Morgan fingerprint density at radius 3 is 1.77 bits per heavy atom. The fraction of sp³-hybridized carbons (Fsp3) is 0.231. The maximum Gasteiger partial charge on any atom is 0.164 e. The highest BCUT2D eigenvalue weighted by molar-refractivity contribution is 5.88. The van der Waals surface area contributed by atoms with Gasteiger partial charge in [-0.2, -0.15) is 5.26 Å². The second-order valence-corrected chi connectivity index (χ2v) is 16.8. The van der Waals surface area contributed by atoms with Crippen LogP contribution in [0, 0.1) is 29.1 Å². The van der Waals surface area contributed by atoms with Gasteiger partial charge in [-0.15, -0.1) is 0 Å². The van der Waals surface area contributed by atoms with E-state index in [0.29, 0.717) is 23.0 Å². The van der Waals surface area contributed by atoms with Gasteiger partial charge in [0.1, 0.15) is 0 Å². The molecule has 5 atom stereocenters. The molecule has 0 amide bonds. The van der Waals surface area contributed by atoms with Crippen LogP contribution in [0.15, 0.2) is 152 Å². The van der Waals surface area contributed by atoms with Gasteiger partial charge < -0.3 is 0 Å². The second-order valence-electron chi connectivity index (χ2n) is 16.8. The van der Waals surface area contributed by atoms with Gasteiger partial charge in [0.2, 0.25) is 0 Å². The van der Waals surface area contributed by atoms with E-state index in [0.717, 1.165) is 51.1 Å². The molecule has 56 heavy (non-hydrogen) atoms. The van der Waals surface area contributed by atoms with Crippen LogP contribution in [0.3, 0.4) is 0 Å². The van der Waals surface area contributed by atoms with Crippen molar-refractivity contribution in [1.29, 1.82) is 5.26 Å². The predicted molar refractivity (Wildman–Crippen MR) is 225 cm³/mol. The number of nitriles is 1. The van der Waals surface area contributed by atoms with Crippen molar-refractivity contribution in [2.75, 3.05) is 0 Å². The van der Waals surface area contributed by atoms with E-state index in [1.54, 1.807) is 0 Å². The van der Waals surface area contributed by atoms with Crippen LogP contribution in [0.1, 0.15) is 79.3 Å². The minimum absolute atomic E-state index is 0.267. The summed E-state index contributed by atoms with van der Waals surface area (Å²) in [7, 11) is 0. The molecule has 272 valence electrons. The summed E-state index contributed by atoms with van der Waals surface area (Å²) in [4.78, 5) is 15.5. The lowest BCUT2D eigenvalue weighted by Crippen LogP contribution is -2.42. The number of aromatic nitrogens is 3. The standard InChI is InChI=1S/C52H44N4/c1-34-26-37-27-35(2)31-51(30-34,32-37)41-23-20-39(21-24-41)49-54-48(38-13-5-3-6-14-38)55-50(56-49)40-22-25-47-45(29-40)44-18-9-10-19-46(44)52(47,42-15-7-4-8-16-42)43-17-11-12-36(28-43)33-53/h3-25,28-29,34-35,37H,26-27,30-32H2,1-2H3/t34-,35+,37-,51?,52?. The molecule has 4 heteroatoms. The van der Waals surface area contributed by atoms with Crippen molar-refractivity contribution in [3.63, 3.8) is 0 Å². The summed E-state index contributed by atoms with van der Waals surface area (Å²) in [6.45, 7) is 4.90. The Bertz CT molecular complexity index is 2600. The normalized spacial score (nSPS) is 23.5. The predicted octanol–water partition coefficient (Wildman–Crippen LogP) is 12.2. The summed E-state index contributed by atoms with van der Waals surface area (Å²) >= 11 is 0.